The highest BCUT2D eigenvalue weighted by atomic mass is 32.1. The minimum Gasteiger partial charge on any atom is -0.455 e. The van der Waals surface area contributed by atoms with Crippen LogP contribution in [0.1, 0.15) is 0 Å². The zero-order chi connectivity index (χ0) is 36.3. The van der Waals surface area contributed by atoms with Crippen LogP contribution in [-0.4, -0.2) is 0 Å². The summed E-state index contributed by atoms with van der Waals surface area (Å²) in [7, 11) is 0. The molecule has 0 aliphatic rings. The van der Waals surface area contributed by atoms with Crippen molar-refractivity contribution in [2.45, 2.75) is 0 Å². The van der Waals surface area contributed by atoms with Crippen molar-refractivity contribution in [3.05, 3.63) is 200 Å². The third-order valence-electron chi connectivity index (χ3n) is 10.9. The van der Waals surface area contributed by atoms with E-state index >= 15 is 0 Å². The van der Waals surface area contributed by atoms with Crippen LogP contribution in [0.5, 0.6) is 0 Å². The molecule has 11 aromatic rings. The molecule has 0 fully saturated rings. The zero-order valence-corrected chi connectivity index (χ0v) is 30.6. The van der Waals surface area contributed by atoms with Crippen molar-refractivity contribution in [1.29, 1.82) is 0 Å². The molecule has 2 nitrogen and oxygen atoms in total. The number of rotatable bonds is 6. The van der Waals surface area contributed by atoms with Crippen molar-refractivity contribution in [1.82, 2.24) is 0 Å². The summed E-state index contributed by atoms with van der Waals surface area (Å²) in [4.78, 5) is 2.36. The van der Waals surface area contributed by atoms with E-state index in [1.165, 1.54) is 53.2 Å². The quantitative estimate of drug-likeness (QED) is 0.170. The van der Waals surface area contributed by atoms with Crippen molar-refractivity contribution in [3.63, 3.8) is 0 Å². The van der Waals surface area contributed by atoms with Crippen molar-refractivity contribution in [2.75, 3.05) is 4.90 Å². The van der Waals surface area contributed by atoms with Gasteiger partial charge in [0.25, 0.3) is 0 Å². The molecule has 0 aliphatic carbocycles. The first kappa shape index (κ1) is 31.6. The molecule has 3 heteroatoms. The fourth-order valence-electron chi connectivity index (χ4n) is 8.11. The van der Waals surface area contributed by atoms with Gasteiger partial charge in [0.2, 0.25) is 0 Å². The first-order chi connectivity index (χ1) is 27.2. The standard InChI is InChI=1S/C52H33NOS/c1-2-10-37-31-39(20-19-34(37)9-1)35-21-26-41(27-22-35)53(42-28-23-36(24-29-42)44-15-8-16-47-45-13-3-5-17-49(45)54-52(44)47)43-12-7-11-38(32-43)40-25-30-51-48(33-40)46-14-4-6-18-50(46)55-51/h1-33H. The van der Waals surface area contributed by atoms with Gasteiger partial charge in [-0.15, -0.1) is 11.3 Å². The Morgan fingerprint density at radius 1 is 0.345 bits per heavy atom. The molecular formula is C52H33NOS. The van der Waals surface area contributed by atoms with E-state index in [-0.39, 0.29) is 0 Å². The van der Waals surface area contributed by atoms with Crippen LogP contribution in [0.25, 0.3) is 86.3 Å². The molecular weight excluding hydrogens is 687 g/mol. The highest BCUT2D eigenvalue weighted by Crippen LogP contribution is 2.42. The molecule has 0 bridgehead atoms. The number of anilines is 3. The lowest BCUT2D eigenvalue weighted by Crippen LogP contribution is -2.10. The third-order valence-corrected chi connectivity index (χ3v) is 12.0. The van der Waals surface area contributed by atoms with E-state index in [0.29, 0.717) is 0 Å². The predicted molar refractivity (Wildman–Crippen MR) is 235 cm³/mol. The molecule has 0 radical (unpaired) electrons. The normalized spacial score (nSPS) is 11.6. The molecule has 0 unspecified atom stereocenters. The maximum atomic E-state index is 6.42. The molecule has 2 aromatic heterocycles. The van der Waals surface area contributed by atoms with Crippen LogP contribution in [0, 0.1) is 0 Å². The van der Waals surface area contributed by atoms with Crippen LogP contribution >= 0.6 is 11.3 Å². The molecule has 11 rings (SSSR count). The monoisotopic (exact) mass is 719 g/mol. The van der Waals surface area contributed by atoms with Gasteiger partial charge in [0.15, 0.2) is 0 Å². The Morgan fingerprint density at radius 2 is 0.964 bits per heavy atom. The number of para-hydroxylation sites is 2. The van der Waals surface area contributed by atoms with Gasteiger partial charge >= 0.3 is 0 Å². The Labute approximate surface area is 322 Å². The number of hydrogen-bond donors (Lipinski definition) is 0. The summed E-state index contributed by atoms with van der Waals surface area (Å²) in [6.45, 7) is 0. The van der Waals surface area contributed by atoms with E-state index in [2.05, 4.69) is 193 Å². The largest absolute Gasteiger partial charge is 0.455 e. The van der Waals surface area contributed by atoms with Gasteiger partial charge in [-0.1, -0.05) is 133 Å². The summed E-state index contributed by atoms with van der Waals surface area (Å²) in [6.07, 6.45) is 0. The molecule has 0 aliphatic heterocycles. The van der Waals surface area contributed by atoms with Gasteiger partial charge in [-0.2, -0.15) is 0 Å². The Balaban J connectivity index is 1.01. The van der Waals surface area contributed by atoms with Gasteiger partial charge in [-0.25, -0.2) is 0 Å². The lowest BCUT2D eigenvalue weighted by atomic mass is 9.99. The Hall–Kier alpha value is -6.94. The summed E-state index contributed by atoms with van der Waals surface area (Å²) in [5.41, 5.74) is 12.1. The highest BCUT2D eigenvalue weighted by Gasteiger charge is 2.17. The first-order valence-electron chi connectivity index (χ1n) is 18.7. The second-order valence-electron chi connectivity index (χ2n) is 14.1. The Kier molecular flexibility index (Phi) is 7.39. The number of thiophene rings is 1. The van der Waals surface area contributed by atoms with E-state index in [1.54, 1.807) is 0 Å². The summed E-state index contributed by atoms with van der Waals surface area (Å²) < 4.78 is 9.05. The van der Waals surface area contributed by atoms with Gasteiger partial charge in [-0.3, -0.25) is 0 Å². The maximum Gasteiger partial charge on any atom is 0.143 e. The SMILES string of the molecule is c1cc(-c2ccc3sc4ccccc4c3c2)cc(N(c2ccc(-c3ccc4ccccc4c3)cc2)c2ccc(-c3cccc4c3oc3ccccc34)cc2)c1. The summed E-state index contributed by atoms with van der Waals surface area (Å²) in [6, 6.07) is 72.3. The maximum absolute atomic E-state index is 6.42. The van der Waals surface area contributed by atoms with Crippen LogP contribution in [0.3, 0.4) is 0 Å². The molecule has 0 atom stereocenters. The fraction of sp³-hybridized carbons (Fsp3) is 0. The molecule has 0 N–H and O–H groups in total. The second-order valence-corrected chi connectivity index (χ2v) is 15.2. The second kappa shape index (κ2) is 12.9. The summed E-state index contributed by atoms with van der Waals surface area (Å²) >= 11 is 1.85. The van der Waals surface area contributed by atoms with Gasteiger partial charge in [0.05, 0.1) is 0 Å². The smallest absolute Gasteiger partial charge is 0.143 e. The van der Waals surface area contributed by atoms with Crippen LogP contribution < -0.4 is 4.90 Å². The van der Waals surface area contributed by atoms with E-state index in [9.17, 15) is 0 Å². The van der Waals surface area contributed by atoms with Crippen LogP contribution in [0.15, 0.2) is 205 Å². The molecule has 55 heavy (non-hydrogen) atoms. The number of furan rings is 1. The van der Waals surface area contributed by atoms with Gasteiger partial charge in [0.1, 0.15) is 11.2 Å². The molecule has 258 valence electrons. The van der Waals surface area contributed by atoms with E-state index < -0.39 is 0 Å². The van der Waals surface area contributed by atoms with Crippen molar-refractivity contribution in [3.8, 4) is 33.4 Å². The zero-order valence-electron chi connectivity index (χ0n) is 29.8. The summed E-state index contributed by atoms with van der Waals surface area (Å²) in [5, 5.41) is 7.39. The average molecular weight is 720 g/mol. The minimum atomic E-state index is 0.908. The number of fused-ring (bicyclic) bond motifs is 7. The van der Waals surface area contributed by atoms with Gasteiger partial charge in [-0.05, 0) is 105 Å². The van der Waals surface area contributed by atoms with E-state index in [0.717, 1.165) is 50.1 Å². The topological polar surface area (TPSA) is 16.4 Å². The number of benzene rings is 9. The van der Waals surface area contributed by atoms with Gasteiger partial charge < -0.3 is 9.32 Å². The third kappa shape index (κ3) is 5.48. The van der Waals surface area contributed by atoms with Crippen LogP contribution in [0.2, 0.25) is 0 Å². The number of nitrogens with zero attached hydrogens (tertiary/aromatic N) is 1. The molecule has 0 spiro atoms. The molecule has 0 saturated carbocycles. The lowest BCUT2D eigenvalue weighted by Gasteiger charge is -2.26. The first-order valence-corrected chi connectivity index (χ1v) is 19.5. The van der Waals surface area contributed by atoms with Crippen LogP contribution in [0.4, 0.5) is 17.1 Å². The highest BCUT2D eigenvalue weighted by molar-refractivity contribution is 7.25. The average Bonchev–Trinajstić information content (AvgIpc) is 3.83. The van der Waals surface area contributed by atoms with Crippen LogP contribution in [-0.2, 0) is 0 Å². The molecule has 0 saturated heterocycles. The predicted octanol–water partition coefficient (Wildman–Crippen LogP) is 15.6. The lowest BCUT2D eigenvalue weighted by molar-refractivity contribution is 0.670. The minimum absolute atomic E-state index is 0.908. The van der Waals surface area contributed by atoms with E-state index in [1.807, 2.05) is 23.5 Å². The van der Waals surface area contributed by atoms with Gasteiger partial charge in [0, 0.05) is 53.6 Å². The fourth-order valence-corrected chi connectivity index (χ4v) is 9.20. The van der Waals surface area contributed by atoms with Crippen molar-refractivity contribution < 1.29 is 4.42 Å². The van der Waals surface area contributed by atoms with E-state index in [4.69, 9.17) is 4.42 Å². The van der Waals surface area contributed by atoms with Crippen molar-refractivity contribution in [2.24, 2.45) is 0 Å². The Bertz CT molecular complexity index is 3210. The molecule has 0 amide bonds. The Morgan fingerprint density at radius 3 is 1.82 bits per heavy atom. The number of hydrogen-bond acceptors (Lipinski definition) is 3. The summed E-state index contributed by atoms with van der Waals surface area (Å²) in [5.74, 6) is 0. The van der Waals surface area contributed by atoms with Crippen molar-refractivity contribution >= 4 is 81.3 Å². The molecule has 2 heterocycles. The molecule has 9 aromatic carbocycles.